The second-order valence-electron chi connectivity index (χ2n) is 11.0. The van der Waals surface area contributed by atoms with Crippen LogP contribution in [-0.2, 0) is 5.41 Å². The first-order chi connectivity index (χ1) is 17.2. The highest BCUT2D eigenvalue weighted by molar-refractivity contribution is 5.82. The normalized spacial score (nSPS) is 19.2. The van der Waals surface area contributed by atoms with Crippen LogP contribution in [0.2, 0.25) is 0 Å². The van der Waals surface area contributed by atoms with E-state index in [1.807, 2.05) is 39.0 Å². The monoisotopic (exact) mass is 486 g/mol. The number of rotatable bonds is 6. The molecule has 0 amide bonds. The predicted octanol–water partition coefficient (Wildman–Crippen LogP) is 7.12. The van der Waals surface area contributed by atoms with Gasteiger partial charge in [0.1, 0.15) is 5.75 Å². The molecule has 1 saturated heterocycles. The Labute approximate surface area is 215 Å². The molecule has 0 spiro atoms. The molecule has 1 fully saturated rings. The van der Waals surface area contributed by atoms with Crippen molar-refractivity contribution in [3.05, 3.63) is 95.1 Å². The van der Waals surface area contributed by atoms with E-state index in [9.17, 15) is 15.3 Å². The van der Waals surface area contributed by atoms with Crippen LogP contribution in [0.5, 0.6) is 11.5 Å². The van der Waals surface area contributed by atoms with Crippen LogP contribution >= 0.6 is 0 Å². The number of piperidine rings is 1. The predicted molar refractivity (Wildman–Crippen MR) is 149 cm³/mol. The second-order valence-corrected chi connectivity index (χ2v) is 11.0. The number of benzene rings is 3. The van der Waals surface area contributed by atoms with Gasteiger partial charge in [-0.1, -0.05) is 93.9 Å². The van der Waals surface area contributed by atoms with E-state index < -0.39 is 11.6 Å². The Bertz CT molecular complexity index is 1160. The molecule has 1 unspecified atom stereocenters. The molecule has 3 aromatic carbocycles. The highest BCUT2D eigenvalue weighted by Gasteiger charge is 2.44. The average molecular weight is 487 g/mol. The van der Waals surface area contributed by atoms with E-state index >= 15 is 0 Å². The number of likely N-dealkylation sites (tertiary alicyclic amines) is 1. The van der Waals surface area contributed by atoms with Gasteiger partial charge in [0.05, 0.1) is 13.1 Å². The highest BCUT2D eigenvalue weighted by atomic mass is 16.3. The smallest absolute Gasteiger partial charge is 0.195 e. The third-order valence-electron chi connectivity index (χ3n) is 7.59. The first kappa shape index (κ1) is 26.0. The average Bonchev–Trinajstić information content (AvgIpc) is 2.85. The maximum Gasteiger partial charge on any atom is 0.195 e. The van der Waals surface area contributed by atoms with E-state index in [1.165, 1.54) is 22.3 Å². The lowest BCUT2D eigenvalue weighted by molar-refractivity contribution is -0.00355. The molecule has 1 heterocycles. The Morgan fingerprint density at radius 1 is 0.833 bits per heavy atom. The number of aromatic hydroxyl groups is 2. The van der Waals surface area contributed by atoms with Gasteiger partial charge in [-0.15, -0.1) is 0 Å². The maximum atomic E-state index is 11.5. The van der Waals surface area contributed by atoms with Gasteiger partial charge in [0.15, 0.2) is 17.7 Å². The van der Waals surface area contributed by atoms with Crippen LogP contribution < -0.4 is 4.48 Å². The summed E-state index contributed by atoms with van der Waals surface area (Å²) in [6.07, 6.45) is 2.50. The topological polar surface area (TPSA) is 60.7 Å². The molecule has 190 valence electrons. The number of phenols is 2. The van der Waals surface area contributed by atoms with Gasteiger partial charge in [-0.3, -0.25) is 4.48 Å². The van der Waals surface area contributed by atoms with Gasteiger partial charge in [-0.2, -0.15) is 0 Å². The Hall–Kier alpha value is -3.08. The minimum absolute atomic E-state index is 0.0971. The first-order valence-corrected chi connectivity index (χ1v) is 13.1. The minimum atomic E-state index is -0.628. The summed E-state index contributed by atoms with van der Waals surface area (Å²) in [5.41, 5.74) is 5.86. The molecular formula is C32H40NO3+. The number of hydrogen-bond acceptors (Lipinski definition) is 3. The van der Waals surface area contributed by atoms with Crippen LogP contribution in [0.4, 0.5) is 5.69 Å². The number of aliphatic hydroxyl groups is 1. The quantitative estimate of drug-likeness (QED) is 0.325. The summed E-state index contributed by atoms with van der Waals surface area (Å²) in [6.45, 7) is 9.41. The van der Waals surface area contributed by atoms with Crippen molar-refractivity contribution in [2.24, 2.45) is 0 Å². The molecule has 36 heavy (non-hydrogen) atoms. The maximum absolute atomic E-state index is 11.5. The molecule has 4 rings (SSSR count). The van der Waals surface area contributed by atoms with Crippen LogP contribution in [0.25, 0.3) is 5.57 Å². The lowest BCUT2D eigenvalue weighted by Crippen LogP contribution is -2.60. The Morgan fingerprint density at radius 2 is 1.36 bits per heavy atom. The largest absolute Gasteiger partial charge is 0.508 e. The van der Waals surface area contributed by atoms with E-state index in [0.717, 1.165) is 19.3 Å². The van der Waals surface area contributed by atoms with Crippen molar-refractivity contribution in [1.82, 2.24) is 4.48 Å². The van der Waals surface area contributed by atoms with Crippen molar-refractivity contribution in [1.29, 1.82) is 0 Å². The minimum Gasteiger partial charge on any atom is -0.508 e. The summed E-state index contributed by atoms with van der Waals surface area (Å²) in [6, 6.07) is 24.6. The zero-order valence-electron chi connectivity index (χ0n) is 22.0. The molecule has 3 N–H and O–H groups in total. The number of phenolic OH excluding ortho intramolecular Hbond substituents is 2. The Balaban J connectivity index is 1.82. The highest BCUT2D eigenvalue weighted by Crippen LogP contribution is 2.48. The van der Waals surface area contributed by atoms with E-state index in [0.29, 0.717) is 35.2 Å². The Morgan fingerprint density at radius 3 is 1.83 bits per heavy atom. The first-order valence-electron chi connectivity index (χ1n) is 13.1. The van der Waals surface area contributed by atoms with Crippen molar-refractivity contribution < 1.29 is 15.3 Å². The van der Waals surface area contributed by atoms with Gasteiger partial charge >= 0.3 is 0 Å². The molecule has 0 bridgehead atoms. The number of hydrogen-bond donors (Lipinski definition) is 3. The SMILES string of the molecule is CCCC(O)[N+]1(c2ccc(O)c(C(C)(C)C)c2O)CCC(=C(c2ccccc2)c2ccccc2)CC1. The molecule has 1 atom stereocenters. The molecule has 4 heteroatoms. The van der Waals surface area contributed by atoms with Crippen molar-refractivity contribution in [3.63, 3.8) is 0 Å². The third-order valence-corrected chi connectivity index (χ3v) is 7.59. The van der Waals surface area contributed by atoms with E-state index in [-0.39, 0.29) is 11.5 Å². The van der Waals surface area contributed by atoms with Gasteiger partial charge in [-0.05, 0) is 34.6 Å². The van der Waals surface area contributed by atoms with Crippen molar-refractivity contribution in [3.8, 4) is 11.5 Å². The van der Waals surface area contributed by atoms with Gasteiger partial charge in [-0.25, -0.2) is 0 Å². The molecule has 1 aliphatic rings. The number of quaternary nitrogens is 1. The van der Waals surface area contributed by atoms with Crippen LogP contribution in [0.3, 0.4) is 0 Å². The van der Waals surface area contributed by atoms with Crippen molar-refractivity contribution in [2.45, 2.75) is 65.0 Å². The molecule has 0 saturated carbocycles. The molecule has 1 aliphatic heterocycles. The van der Waals surface area contributed by atoms with Crippen LogP contribution in [0.15, 0.2) is 78.4 Å². The zero-order valence-corrected chi connectivity index (χ0v) is 22.0. The van der Waals surface area contributed by atoms with E-state index in [4.69, 9.17) is 0 Å². The summed E-state index contributed by atoms with van der Waals surface area (Å²) in [5, 5.41) is 33.6. The fraction of sp³-hybridized carbons (Fsp3) is 0.375. The van der Waals surface area contributed by atoms with E-state index in [1.54, 1.807) is 6.07 Å². The fourth-order valence-corrected chi connectivity index (χ4v) is 5.81. The molecular weight excluding hydrogens is 446 g/mol. The lowest BCUT2D eigenvalue weighted by atomic mass is 9.84. The molecule has 3 aromatic rings. The van der Waals surface area contributed by atoms with Crippen molar-refractivity contribution in [2.75, 3.05) is 13.1 Å². The summed E-state index contributed by atoms with van der Waals surface area (Å²) in [7, 11) is 0. The fourth-order valence-electron chi connectivity index (χ4n) is 5.81. The second kappa shape index (κ2) is 10.5. The number of aliphatic hydroxyl groups excluding tert-OH is 1. The van der Waals surface area contributed by atoms with Gasteiger partial charge < -0.3 is 15.3 Å². The molecule has 0 radical (unpaired) electrons. The van der Waals surface area contributed by atoms with Gasteiger partial charge in [0, 0.05) is 30.9 Å². The summed E-state index contributed by atoms with van der Waals surface area (Å²) >= 11 is 0. The Kier molecular flexibility index (Phi) is 7.58. The standard InChI is InChI=1S/C32H39NO3/c1-5-12-28(35)33(26-17-18-27(34)30(31(26)36)32(2,3)4)21-19-25(20-22-33)29(23-13-8-6-9-14-23)24-15-10-7-11-16-24/h6-11,13-18,28,35H,5,12,19-22H2,1-4H3,(H-,34,36)/p+1. The zero-order chi connectivity index (χ0) is 25.9. The molecule has 0 aromatic heterocycles. The summed E-state index contributed by atoms with van der Waals surface area (Å²) in [4.78, 5) is 0. The van der Waals surface area contributed by atoms with Gasteiger partial charge in [0.25, 0.3) is 0 Å². The van der Waals surface area contributed by atoms with Gasteiger partial charge in [0.2, 0.25) is 0 Å². The van der Waals surface area contributed by atoms with Crippen molar-refractivity contribution >= 4 is 11.3 Å². The summed E-state index contributed by atoms with van der Waals surface area (Å²) < 4.78 is 0.309. The third kappa shape index (κ3) is 4.93. The van der Waals surface area contributed by atoms with E-state index in [2.05, 4.69) is 55.5 Å². The molecule has 0 aliphatic carbocycles. The van der Waals surface area contributed by atoms with Crippen LogP contribution in [-0.4, -0.2) is 34.6 Å². The molecule has 4 nitrogen and oxygen atoms in total. The number of nitrogens with zero attached hydrogens (tertiary/aromatic N) is 1. The van der Waals surface area contributed by atoms with Crippen LogP contribution in [0, 0.1) is 0 Å². The van der Waals surface area contributed by atoms with Crippen LogP contribution in [0.1, 0.15) is 70.1 Å². The summed E-state index contributed by atoms with van der Waals surface area (Å²) in [5.74, 6) is 0.205. The lowest BCUT2D eigenvalue weighted by Gasteiger charge is -2.46.